The fraction of sp³-hybridized carbons (Fsp3) is 0.206. The normalized spacial score (nSPS) is 11.7. The Morgan fingerprint density at radius 2 is 0.360 bits per heavy atom. The van der Waals surface area contributed by atoms with Crippen LogP contribution in [0.25, 0.3) is 183 Å². The van der Waals surface area contributed by atoms with E-state index in [4.69, 9.17) is 0 Å². The summed E-state index contributed by atoms with van der Waals surface area (Å²) in [6.45, 7) is 57.9. The van der Waals surface area contributed by atoms with Gasteiger partial charge in [-0.2, -0.15) is 0 Å². The highest BCUT2D eigenvalue weighted by atomic mass is 15.0. The maximum absolute atomic E-state index is 2.49. The smallest absolute Gasteiger partial charge is 0.0544 e. The molecular weight excluding hydrogens is 1680 g/mol. The number of benzene rings is 18. The molecule has 21 aromatic rings. The fourth-order valence-corrected chi connectivity index (χ4v) is 23.4. The first-order valence-electron chi connectivity index (χ1n) is 49.9. The molecule has 0 aliphatic rings. The average molecular weight is 1810 g/mol. The second kappa shape index (κ2) is 37.4. The molecule has 3 nitrogen and oxygen atoms in total. The average Bonchev–Trinajstić information content (AvgIpc) is 1.58. The minimum absolute atomic E-state index is 0.447. The van der Waals surface area contributed by atoms with Crippen LogP contribution in [0.15, 0.2) is 309 Å². The topological polar surface area (TPSA) is 14.8 Å². The molecule has 0 bridgehead atoms. The van der Waals surface area contributed by atoms with E-state index in [1.54, 1.807) is 0 Å². The van der Waals surface area contributed by atoms with Gasteiger partial charge in [0.05, 0.1) is 33.1 Å². The van der Waals surface area contributed by atoms with Crippen molar-refractivity contribution in [3.8, 4) is 117 Å². The van der Waals surface area contributed by atoms with Gasteiger partial charge in [0, 0.05) is 49.4 Å². The Bertz CT molecular complexity index is 8070. The summed E-state index contributed by atoms with van der Waals surface area (Å²) in [5.74, 6) is 0.895. The molecule has 3 heteroatoms. The minimum atomic E-state index is 0.447. The maximum atomic E-state index is 2.49. The maximum Gasteiger partial charge on any atom is 0.0544 e. The molecule has 0 unspecified atom stereocenters. The number of fused-ring (bicyclic) bond motifs is 9. The van der Waals surface area contributed by atoms with E-state index in [-0.39, 0.29) is 0 Å². The quantitative estimate of drug-likeness (QED) is 0.103. The molecule has 3 aromatic heterocycles. The van der Waals surface area contributed by atoms with E-state index in [0.717, 1.165) is 0 Å². The molecule has 21 rings (SSSR count). The molecule has 0 N–H and O–H groups in total. The van der Waals surface area contributed by atoms with E-state index in [9.17, 15) is 0 Å². The van der Waals surface area contributed by atoms with Crippen molar-refractivity contribution >= 4 is 65.4 Å². The van der Waals surface area contributed by atoms with E-state index in [2.05, 4.69) is 503 Å². The first-order chi connectivity index (χ1) is 66.6. The van der Waals surface area contributed by atoms with Gasteiger partial charge in [-0.1, -0.05) is 278 Å². The molecule has 18 aromatic carbocycles. The lowest BCUT2D eigenvalue weighted by molar-refractivity contribution is 0.835. The lowest BCUT2D eigenvalue weighted by atomic mass is 9.83. The van der Waals surface area contributed by atoms with E-state index in [1.807, 2.05) is 0 Å². The second-order valence-electron chi connectivity index (χ2n) is 41.5. The predicted octanol–water partition coefficient (Wildman–Crippen LogP) is 38.4. The highest BCUT2D eigenvalue weighted by molar-refractivity contribution is 6.15. The lowest BCUT2D eigenvalue weighted by Crippen LogP contribution is -2.02. The Balaban J connectivity index is 0.000000133. The van der Waals surface area contributed by atoms with Crippen LogP contribution in [0.1, 0.15) is 173 Å². The summed E-state index contributed by atoms with van der Waals surface area (Å²) in [7, 11) is 0. The zero-order chi connectivity index (χ0) is 97.9. The summed E-state index contributed by atoms with van der Waals surface area (Å²) < 4.78 is 7.36. The molecular formula is C136H131N3. The molecule has 0 radical (unpaired) electrons. The zero-order valence-corrected chi connectivity index (χ0v) is 86.4. The summed E-state index contributed by atoms with van der Waals surface area (Å²) in [5, 5.41) is 7.70. The molecule has 690 valence electrons. The number of aromatic nitrogens is 3. The molecule has 139 heavy (non-hydrogen) atoms. The van der Waals surface area contributed by atoms with Crippen LogP contribution in [0.4, 0.5) is 0 Å². The van der Waals surface area contributed by atoms with Crippen LogP contribution >= 0.6 is 0 Å². The Hall–Kier alpha value is -14.6. The SMILES string of the molecule is Cc1cc(C)c(-c2ccc(-n3c4ccc(-c5c(C)cc(C)cc5C)cc4c4cc(-c5c(C)cc(C)cc5C)ccc43)cc2)c(C)c1.Cc1ccc(-c2cc3c4cc(-c5ccc(C)cc5C)c(C)cc4n(-c4ccc(-c5c(C(C)C)cc(C)cc5C(C)C)cc4)c3cc2C)c(C)c1.Cc1ccc(-c2ccc(-n3c4ccc(-c5ccc(C)cc5C)cc4c4cc(-c5ccc(C)cc5C)ccc43)cc2)c(C)c1. The molecule has 0 spiro atoms. The zero-order valence-electron chi connectivity index (χ0n) is 86.4. The van der Waals surface area contributed by atoms with Crippen molar-refractivity contribution in [3.63, 3.8) is 0 Å². The van der Waals surface area contributed by atoms with Crippen molar-refractivity contribution in [1.82, 2.24) is 13.7 Å². The Labute approximate surface area is 825 Å². The van der Waals surface area contributed by atoms with Gasteiger partial charge in [-0.05, 0) is 457 Å². The fourth-order valence-electron chi connectivity index (χ4n) is 23.4. The third-order valence-electron chi connectivity index (χ3n) is 29.6. The molecule has 0 saturated heterocycles. The van der Waals surface area contributed by atoms with E-state index >= 15 is 0 Å². The molecule has 0 saturated carbocycles. The van der Waals surface area contributed by atoms with Crippen molar-refractivity contribution < 1.29 is 0 Å². The number of hydrogen-bond donors (Lipinski definition) is 0. The van der Waals surface area contributed by atoms with Crippen molar-refractivity contribution in [3.05, 3.63) is 443 Å². The van der Waals surface area contributed by atoms with E-state index in [1.165, 1.54) is 316 Å². The van der Waals surface area contributed by atoms with Crippen molar-refractivity contribution in [2.24, 2.45) is 0 Å². The summed E-state index contributed by atoms with van der Waals surface area (Å²) in [4.78, 5) is 0. The van der Waals surface area contributed by atoms with Gasteiger partial charge in [0.1, 0.15) is 0 Å². The standard InChI is InChI=1S/C49H51N.C45H43N.C42H37N/c1-28(2)41-22-32(7)23-42(29(3)4)49(41)37-14-16-38(17-15-37)50-47-24-35(10)43(39-18-12-30(5)20-33(39)8)26-45(47)46-27-44(36(11)25-48(46)50)40-19-13-31(6)21-34(40)9;1-26-18-29(4)43(30(5)19-26)35-10-14-38(15-11-35)46-41-16-12-36(44-31(6)20-27(2)21-32(44)7)24-39(41)40-25-37(13-17-42(40)46)45-33(8)22-28(3)23-34(45)9;1-26-7-16-36(29(4)21-26)32-10-14-35(15-11-32)43-41-19-12-33(37-17-8-27(2)22-30(37)5)24-39(41)40-25-34(13-20-42(40)43)38-18-9-28(3)23-31(38)6/h12-29H,1-11H3;10-25H,1-9H3;7-25H,1-6H3. The van der Waals surface area contributed by atoms with Gasteiger partial charge < -0.3 is 13.7 Å². The highest BCUT2D eigenvalue weighted by Crippen LogP contribution is 2.48. The van der Waals surface area contributed by atoms with Crippen LogP contribution in [-0.4, -0.2) is 13.7 Å². The first-order valence-corrected chi connectivity index (χ1v) is 49.9. The van der Waals surface area contributed by atoms with Gasteiger partial charge in [-0.15, -0.1) is 0 Å². The second-order valence-corrected chi connectivity index (χ2v) is 41.5. The molecule has 0 aliphatic heterocycles. The lowest BCUT2D eigenvalue weighted by Gasteiger charge is -2.21. The Kier molecular flexibility index (Phi) is 25.1. The summed E-state index contributed by atoms with van der Waals surface area (Å²) in [6, 6.07) is 118. The van der Waals surface area contributed by atoms with Crippen molar-refractivity contribution in [2.75, 3.05) is 0 Å². The molecule has 0 atom stereocenters. The number of hydrogen-bond acceptors (Lipinski definition) is 0. The summed E-state index contributed by atoms with van der Waals surface area (Å²) >= 11 is 0. The van der Waals surface area contributed by atoms with Gasteiger partial charge in [-0.25, -0.2) is 0 Å². The van der Waals surface area contributed by atoms with Gasteiger partial charge in [0.15, 0.2) is 0 Å². The monoisotopic (exact) mass is 1810 g/mol. The minimum Gasteiger partial charge on any atom is -0.309 e. The molecule has 0 aliphatic carbocycles. The van der Waals surface area contributed by atoms with Crippen LogP contribution in [0.5, 0.6) is 0 Å². The molecule has 0 amide bonds. The number of rotatable bonds is 14. The third-order valence-corrected chi connectivity index (χ3v) is 29.6. The third kappa shape index (κ3) is 17.7. The Morgan fingerprint density at radius 3 is 0.655 bits per heavy atom. The van der Waals surface area contributed by atoms with Crippen LogP contribution < -0.4 is 0 Å². The van der Waals surface area contributed by atoms with Gasteiger partial charge in [-0.3, -0.25) is 0 Å². The van der Waals surface area contributed by atoms with Gasteiger partial charge >= 0.3 is 0 Å². The number of nitrogens with zero attached hydrogens (tertiary/aromatic N) is 3. The largest absolute Gasteiger partial charge is 0.309 e. The highest BCUT2D eigenvalue weighted by Gasteiger charge is 2.26. The van der Waals surface area contributed by atoms with Gasteiger partial charge in [0.25, 0.3) is 0 Å². The van der Waals surface area contributed by atoms with Crippen LogP contribution in [0, 0.1) is 152 Å². The first kappa shape index (κ1) is 93.4. The van der Waals surface area contributed by atoms with Crippen molar-refractivity contribution in [2.45, 2.75) is 192 Å². The van der Waals surface area contributed by atoms with Crippen LogP contribution in [-0.2, 0) is 0 Å². The summed E-state index contributed by atoms with van der Waals surface area (Å²) in [5.41, 5.74) is 66.0. The summed E-state index contributed by atoms with van der Waals surface area (Å²) in [6.07, 6.45) is 0. The Morgan fingerprint density at radius 1 is 0.144 bits per heavy atom. The predicted molar refractivity (Wildman–Crippen MR) is 604 cm³/mol. The molecule has 3 heterocycles. The van der Waals surface area contributed by atoms with Crippen LogP contribution in [0.2, 0.25) is 0 Å². The van der Waals surface area contributed by atoms with E-state index < -0.39 is 0 Å². The molecule has 0 fully saturated rings. The van der Waals surface area contributed by atoms with E-state index in [0.29, 0.717) is 11.8 Å². The van der Waals surface area contributed by atoms with Crippen molar-refractivity contribution in [1.29, 1.82) is 0 Å². The van der Waals surface area contributed by atoms with Gasteiger partial charge in [0.2, 0.25) is 0 Å². The van der Waals surface area contributed by atoms with Crippen LogP contribution in [0.3, 0.4) is 0 Å². The number of aryl methyl sites for hydroxylation is 22.